The second-order valence-electron chi connectivity index (χ2n) is 15.4. The minimum absolute atomic E-state index is 0.0582. The number of benzene rings is 2. The van der Waals surface area contributed by atoms with E-state index < -0.39 is 60.1 Å². The summed E-state index contributed by atoms with van der Waals surface area (Å²) >= 11 is 0. The molecule has 280 valence electrons. The fraction of sp³-hybridized carbons (Fsp3) is 0.676. The van der Waals surface area contributed by atoms with E-state index in [1.807, 2.05) is 0 Å². The molecule has 2 saturated carbocycles. The van der Waals surface area contributed by atoms with Gasteiger partial charge in [-0.05, 0) is 93.6 Å². The molecule has 0 bridgehead atoms. The van der Waals surface area contributed by atoms with Gasteiger partial charge in [-0.2, -0.15) is 0 Å². The number of aromatic hydroxyl groups is 2. The lowest BCUT2D eigenvalue weighted by Crippen LogP contribution is -2.69. The highest BCUT2D eigenvalue weighted by atomic mass is 33.1. The van der Waals surface area contributed by atoms with Crippen molar-refractivity contribution in [3.8, 4) is 17.2 Å². The van der Waals surface area contributed by atoms with Crippen molar-refractivity contribution >= 4 is 44.1 Å². The van der Waals surface area contributed by atoms with E-state index >= 15 is 0 Å². The maximum atomic E-state index is 12.5. The molecule has 0 radical (unpaired) electrons. The number of phenols is 2. The molecule has 2 aromatic rings. The first-order valence-electron chi connectivity index (χ1n) is 17.9. The molecular weight excluding hydrogens is 701 g/mol. The van der Waals surface area contributed by atoms with Gasteiger partial charge >= 0.3 is 5.97 Å². The quantitative estimate of drug-likeness (QED) is 0.136. The number of carboxylic acids is 1. The molecule has 0 aromatic heterocycles. The maximum absolute atomic E-state index is 12.5. The number of hydrogen-bond acceptors (Lipinski definition) is 13. The van der Waals surface area contributed by atoms with Crippen molar-refractivity contribution in [2.75, 3.05) is 31.5 Å². The summed E-state index contributed by atoms with van der Waals surface area (Å²) in [5.74, 6) is -0.402. The van der Waals surface area contributed by atoms with Crippen molar-refractivity contribution in [2.24, 2.45) is 29.1 Å². The summed E-state index contributed by atoms with van der Waals surface area (Å²) in [7, 11) is 3.21. The van der Waals surface area contributed by atoms with Gasteiger partial charge in [0.2, 0.25) is 6.29 Å². The molecule has 2 aliphatic carbocycles. The van der Waals surface area contributed by atoms with Crippen LogP contribution in [0.15, 0.2) is 12.1 Å². The van der Waals surface area contributed by atoms with E-state index in [9.17, 15) is 40.2 Å². The first kappa shape index (κ1) is 37.0. The Balaban J connectivity index is 1.22. The van der Waals surface area contributed by atoms with E-state index in [1.54, 1.807) is 10.8 Å². The molecule has 7 rings (SSSR count). The summed E-state index contributed by atoms with van der Waals surface area (Å²) in [5, 5.41) is 66.4. The van der Waals surface area contributed by atoms with Gasteiger partial charge in [0.25, 0.3) is 0 Å². The highest BCUT2D eigenvalue weighted by Gasteiger charge is 2.59. The van der Waals surface area contributed by atoms with E-state index in [-0.39, 0.29) is 44.6 Å². The second kappa shape index (κ2) is 14.5. The molecule has 5 fully saturated rings. The van der Waals surface area contributed by atoms with Gasteiger partial charge < -0.3 is 49.6 Å². The molecule has 9 atom stereocenters. The minimum Gasteiger partial charge on any atom is -0.507 e. The third-order valence-corrected chi connectivity index (χ3v) is 14.7. The third kappa shape index (κ3) is 6.51. The van der Waals surface area contributed by atoms with Crippen LogP contribution in [0.4, 0.5) is 0 Å². The Morgan fingerprint density at radius 3 is 2.43 bits per heavy atom. The Labute approximate surface area is 304 Å². The monoisotopic (exact) mass is 748 g/mol. The van der Waals surface area contributed by atoms with Gasteiger partial charge in [0.15, 0.2) is 5.78 Å². The zero-order valence-corrected chi connectivity index (χ0v) is 30.5. The van der Waals surface area contributed by atoms with Crippen molar-refractivity contribution in [1.82, 2.24) is 0 Å². The first-order valence-corrected chi connectivity index (χ1v) is 20.4. The van der Waals surface area contributed by atoms with E-state index in [0.717, 1.165) is 37.5 Å². The van der Waals surface area contributed by atoms with Crippen LogP contribution in [0.2, 0.25) is 0 Å². The minimum atomic E-state index is -1.73. The number of fused-ring (bicyclic) bond motifs is 1. The van der Waals surface area contributed by atoms with Gasteiger partial charge in [-0.1, -0.05) is 34.4 Å². The van der Waals surface area contributed by atoms with Crippen LogP contribution in [0.5, 0.6) is 17.2 Å². The molecule has 51 heavy (non-hydrogen) atoms. The lowest BCUT2D eigenvalue weighted by atomic mass is 9.55. The standard InChI is InChI=1S/C37H48O12S2/c1-18-27(19(2)39)31(41)29-24(30(18)40)9-21(34(44)45)10-25(29)48-35-32(42)33(43)37(26(13-38)49-35)8-5-20-11-36(6-3-4-7-36)12-22-14-46-15-23(28(20)22)16-50-51-17-47-37/h9-10,20,22-23,26,28,32-33,35,38,40-43H,3-8,11-17H2,1-2H3,(H,44,45)/t20-,22+,23-,26-,28+,32-,33-,35+,37+/m1/s1. The number of ketones is 1. The van der Waals surface area contributed by atoms with Crippen LogP contribution in [0, 0.1) is 36.0 Å². The van der Waals surface area contributed by atoms with E-state index in [4.69, 9.17) is 18.9 Å². The fourth-order valence-corrected chi connectivity index (χ4v) is 12.3. The SMILES string of the molecule is CC(=O)c1c(C)c(O)c2cc(C(=O)O)cc(O[C@H]3O[C@H](CO)[C@@]4(CC[C@@H]5CC6(CCCC6)C[C@H]6COC[C@H](CSSCO4)[C@@H]56)[C@H](O)[C@H]3O)c2c1O. The van der Waals surface area contributed by atoms with Gasteiger partial charge in [-0.15, -0.1) is 0 Å². The number of carbonyl (C=O) groups excluding carboxylic acids is 1. The number of rotatable bonds is 5. The Hall–Kier alpha value is -2.30. The Kier molecular flexibility index (Phi) is 10.5. The van der Waals surface area contributed by atoms with Gasteiger partial charge in [0, 0.05) is 23.3 Å². The zero-order chi connectivity index (χ0) is 36.2. The predicted molar refractivity (Wildman–Crippen MR) is 190 cm³/mol. The molecular formula is C37H48O12S2. The highest BCUT2D eigenvalue weighted by molar-refractivity contribution is 8.76. The number of aliphatic hydroxyl groups is 3. The number of carbonyl (C=O) groups is 2. The Morgan fingerprint density at radius 1 is 1.00 bits per heavy atom. The number of aliphatic hydroxyl groups excluding tert-OH is 3. The number of ether oxygens (including phenoxy) is 4. The number of aromatic carboxylic acids is 1. The molecule has 2 aromatic carbocycles. The van der Waals surface area contributed by atoms with Crippen molar-refractivity contribution in [1.29, 1.82) is 0 Å². The Bertz CT molecular complexity index is 1660. The van der Waals surface area contributed by atoms with Gasteiger partial charge in [-0.3, -0.25) is 4.79 Å². The highest BCUT2D eigenvalue weighted by Crippen LogP contribution is 2.59. The molecule has 2 spiro atoms. The van der Waals surface area contributed by atoms with Crippen molar-refractivity contribution in [3.63, 3.8) is 0 Å². The number of phenolic OH excluding ortho intramolecular Hbond substituents is 2. The maximum Gasteiger partial charge on any atom is 0.335 e. The molecule has 5 aliphatic rings. The normalized spacial score (nSPS) is 35.3. The van der Waals surface area contributed by atoms with Crippen LogP contribution >= 0.6 is 21.6 Å². The largest absolute Gasteiger partial charge is 0.507 e. The smallest absolute Gasteiger partial charge is 0.335 e. The molecule has 3 aliphatic heterocycles. The van der Waals surface area contributed by atoms with Crippen molar-refractivity contribution < 1.29 is 59.2 Å². The lowest BCUT2D eigenvalue weighted by molar-refractivity contribution is -0.323. The van der Waals surface area contributed by atoms with Gasteiger partial charge in [0.05, 0.1) is 29.7 Å². The summed E-state index contributed by atoms with van der Waals surface area (Å²) in [6, 6.07) is 2.24. The molecule has 6 N–H and O–H groups in total. The van der Waals surface area contributed by atoms with Crippen LogP contribution in [-0.2, 0) is 14.2 Å². The molecule has 0 unspecified atom stereocenters. The number of hydrogen-bond donors (Lipinski definition) is 6. The third-order valence-electron chi connectivity index (χ3n) is 12.5. The molecule has 0 amide bonds. The van der Waals surface area contributed by atoms with Gasteiger partial charge in [-0.25, -0.2) is 4.79 Å². The van der Waals surface area contributed by atoms with Crippen LogP contribution in [0.3, 0.4) is 0 Å². The number of Topliss-reactive ketones (excluding diaryl/α,β-unsaturated/α-hetero) is 1. The van der Waals surface area contributed by atoms with Gasteiger partial charge in [0.1, 0.15) is 47.1 Å². The van der Waals surface area contributed by atoms with Crippen LogP contribution in [-0.4, -0.2) is 104 Å². The first-order chi connectivity index (χ1) is 24.4. The number of carboxylic acid groups (broad SMARTS) is 1. The van der Waals surface area contributed by atoms with Crippen molar-refractivity contribution in [2.45, 2.75) is 95.4 Å². The molecule has 3 saturated heterocycles. The summed E-state index contributed by atoms with van der Waals surface area (Å²) in [5.41, 5.74) is -1.63. The average molecular weight is 749 g/mol. The molecule has 14 heteroatoms. The van der Waals surface area contributed by atoms with E-state index in [1.165, 1.54) is 56.7 Å². The second-order valence-corrected chi connectivity index (χ2v) is 17.8. The Morgan fingerprint density at radius 2 is 1.73 bits per heavy atom. The summed E-state index contributed by atoms with van der Waals surface area (Å²) < 4.78 is 25.0. The lowest BCUT2D eigenvalue weighted by Gasteiger charge is -2.54. The molecule has 12 nitrogen and oxygen atoms in total. The average Bonchev–Trinajstić information content (AvgIpc) is 3.54. The van der Waals surface area contributed by atoms with Crippen LogP contribution in [0.25, 0.3) is 10.8 Å². The van der Waals surface area contributed by atoms with E-state index in [2.05, 4.69) is 0 Å². The zero-order valence-electron chi connectivity index (χ0n) is 28.9. The van der Waals surface area contributed by atoms with Crippen LogP contribution in [0.1, 0.15) is 84.6 Å². The summed E-state index contributed by atoms with van der Waals surface area (Å²) in [6.45, 7) is 3.56. The van der Waals surface area contributed by atoms with Crippen molar-refractivity contribution in [3.05, 3.63) is 28.8 Å². The predicted octanol–water partition coefficient (Wildman–Crippen LogP) is 5.02. The van der Waals surface area contributed by atoms with E-state index in [0.29, 0.717) is 36.5 Å². The molecule has 3 heterocycles. The van der Waals surface area contributed by atoms with Crippen LogP contribution < -0.4 is 4.74 Å². The fourth-order valence-electron chi connectivity index (χ4n) is 10.3. The summed E-state index contributed by atoms with van der Waals surface area (Å²) in [6.07, 6.45) is 2.08. The summed E-state index contributed by atoms with van der Waals surface area (Å²) in [4.78, 5) is 24.6. The topological polar surface area (TPSA) is 192 Å².